The van der Waals surface area contributed by atoms with Gasteiger partial charge in [-0.05, 0) is 54.3 Å². The van der Waals surface area contributed by atoms with Crippen LogP contribution in [0.1, 0.15) is 47.5 Å². The number of ether oxygens (including phenoxy) is 1. The SMILES string of the molecule is CCc1ccc(OCc2csc(C(=O)N3CCC(C)CC3)c2)cc1. The first-order valence-electron chi connectivity index (χ1n) is 8.74. The Balaban J connectivity index is 1.55. The minimum absolute atomic E-state index is 0.172. The Hall–Kier alpha value is -1.81. The average Bonchev–Trinajstić information content (AvgIpc) is 3.09. The number of hydrogen-bond acceptors (Lipinski definition) is 3. The number of rotatable bonds is 5. The predicted molar refractivity (Wildman–Crippen MR) is 98.8 cm³/mol. The van der Waals surface area contributed by atoms with Gasteiger partial charge in [0.15, 0.2) is 0 Å². The molecule has 0 unspecified atom stereocenters. The molecule has 1 fully saturated rings. The van der Waals surface area contributed by atoms with Crippen LogP contribution in [0, 0.1) is 5.92 Å². The highest BCUT2D eigenvalue weighted by atomic mass is 32.1. The van der Waals surface area contributed by atoms with Crippen LogP contribution in [0.3, 0.4) is 0 Å². The van der Waals surface area contributed by atoms with Gasteiger partial charge in [-0.15, -0.1) is 11.3 Å². The van der Waals surface area contributed by atoms with Crippen LogP contribution in [0.15, 0.2) is 35.7 Å². The third kappa shape index (κ3) is 4.18. The number of thiophene rings is 1. The van der Waals surface area contributed by atoms with Crippen molar-refractivity contribution in [3.05, 3.63) is 51.7 Å². The van der Waals surface area contributed by atoms with Gasteiger partial charge in [0.1, 0.15) is 12.4 Å². The van der Waals surface area contributed by atoms with E-state index in [0.29, 0.717) is 6.61 Å². The predicted octanol–water partition coefficient (Wildman–Crippen LogP) is 4.76. The topological polar surface area (TPSA) is 29.5 Å². The zero-order valence-corrected chi connectivity index (χ0v) is 15.3. The van der Waals surface area contributed by atoms with E-state index < -0.39 is 0 Å². The van der Waals surface area contributed by atoms with E-state index in [1.165, 1.54) is 16.9 Å². The molecule has 1 aliphatic rings. The van der Waals surface area contributed by atoms with Crippen molar-refractivity contribution >= 4 is 17.2 Å². The molecule has 1 aliphatic heterocycles. The Kier molecular flexibility index (Phi) is 5.56. The van der Waals surface area contributed by atoms with Crippen molar-refractivity contribution in [3.8, 4) is 5.75 Å². The fourth-order valence-electron chi connectivity index (χ4n) is 2.92. The van der Waals surface area contributed by atoms with Crippen molar-refractivity contribution in [2.45, 2.75) is 39.7 Å². The smallest absolute Gasteiger partial charge is 0.263 e. The normalized spacial score (nSPS) is 15.5. The fraction of sp³-hybridized carbons (Fsp3) is 0.450. The van der Waals surface area contributed by atoms with Gasteiger partial charge in [-0.3, -0.25) is 4.79 Å². The van der Waals surface area contributed by atoms with E-state index in [9.17, 15) is 4.79 Å². The summed E-state index contributed by atoms with van der Waals surface area (Å²) in [7, 11) is 0. The molecule has 4 heteroatoms. The maximum absolute atomic E-state index is 12.6. The first-order chi connectivity index (χ1) is 11.7. The number of nitrogens with zero attached hydrogens (tertiary/aromatic N) is 1. The highest BCUT2D eigenvalue weighted by Gasteiger charge is 2.22. The van der Waals surface area contributed by atoms with Gasteiger partial charge in [0.25, 0.3) is 5.91 Å². The lowest BCUT2D eigenvalue weighted by Crippen LogP contribution is -2.37. The Bertz CT molecular complexity index is 669. The molecule has 0 bridgehead atoms. The number of piperidine rings is 1. The highest BCUT2D eigenvalue weighted by molar-refractivity contribution is 7.12. The summed E-state index contributed by atoms with van der Waals surface area (Å²) in [6.45, 7) is 6.67. The summed E-state index contributed by atoms with van der Waals surface area (Å²) >= 11 is 1.52. The number of carbonyl (C=O) groups is 1. The van der Waals surface area contributed by atoms with Gasteiger partial charge in [0.2, 0.25) is 0 Å². The summed E-state index contributed by atoms with van der Waals surface area (Å²) in [4.78, 5) is 15.4. The van der Waals surface area contributed by atoms with Crippen molar-refractivity contribution in [2.75, 3.05) is 13.1 Å². The minimum Gasteiger partial charge on any atom is -0.489 e. The Morgan fingerprint density at radius 3 is 2.58 bits per heavy atom. The van der Waals surface area contributed by atoms with Crippen LogP contribution in [-0.4, -0.2) is 23.9 Å². The first-order valence-corrected chi connectivity index (χ1v) is 9.62. The molecule has 1 saturated heterocycles. The summed E-state index contributed by atoms with van der Waals surface area (Å²) in [5, 5.41) is 2.03. The molecule has 0 N–H and O–H groups in total. The maximum Gasteiger partial charge on any atom is 0.263 e. The van der Waals surface area contributed by atoms with Crippen LogP contribution in [0.4, 0.5) is 0 Å². The van der Waals surface area contributed by atoms with Crippen molar-refractivity contribution in [1.29, 1.82) is 0 Å². The van der Waals surface area contributed by atoms with Crippen LogP contribution >= 0.6 is 11.3 Å². The zero-order valence-electron chi connectivity index (χ0n) is 14.5. The Labute approximate surface area is 148 Å². The molecule has 0 spiro atoms. The molecule has 1 amide bonds. The zero-order chi connectivity index (χ0) is 16.9. The van der Waals surface area contributed by atoms with Crippen LogP contribution in [-0.2, 0) is 13.0 Å². The molecular weight excluding hydrogens is 318 g/mol. The van der Waals surface area contributed by atoms with Gasteiger partial charge in [-0.25, -0.2) is 0 Å². The quantitative estimate of drug-likeness (QED) is 0.783. The van der Waals surface area contributed by atoms with Crippen molar-refractivity contribution in [1.82, 2.24) is 4.90 Å². The molecule has 0 atom stereocenters. The molecule has 0 aliphatic carbocycles. The number of aryl methyl sites for hydroxylation is 1. The van der Waals surface area contributed by atoms with Crippen LogP contribution in [0.5, 0.6) is 5.75 Å². The van der Waals surface area contributed by atoms with E-state index in [2.05, 4.69) is 26.0 Å². The second kappa shape index (κ2) is 7.84. The van der Waals surface area contributed by atoms with Crippen LogP contribution < -0.4 is 4.74 Å². The lowest BCUT2D eigenvalue weighted by Gasteiger charge is -2.29. The highest BCUT2D eigenvalue weighted by Crippen LogP contribution is 2.23. The summed E-state index contributed by atoms with van der Waals surface area (Å²) in [5.74, 6) is 1.78. The lowest BCUT2D eigenvalue weighted by molar-refractivity contribution is 0.0702. The van der Waals surface area contributed by atoms with E-state index in [1.54, 1.807) is 0 Å². The first kappa shape index (κ1) is 17.0. The van der Waals surface area contributed by atoms with E-state index in [4.69, 9.17) is 4.74 Å². The Morgan fingerprint density at radius 1 is 1.21 bits per heavy atom. The van der Waals surface area contributed by atoms with Gasteiger partial charge >= 0.3 is 0 Å². The van der Waals surface area contributed by atoms with Crippen molar-refractivity contribution < 1.29 is 9.53 Å². The molecular formula is C20H25NO2S. The minimum atomic E-state index is 0.172. The summed E-state index contributed by atoms with van der Waals surface area (Å²) in [6, 6.07) is 10.2. The number of carbonyl (C=O) groups excluding carboxylic acids is 1. The van der Waals surface area contributed by atoms with Gasteiger partial charge in [-0.2, -0.15) is 0 Å². The summed E-state index contributed by atoms with van der Waals surface area (Å²) in [5.41, 5.74) is 2.37. The standard InChI is InChI=1S/C20H25NO2S/c1-3-16-4-6-18(7-5-16)23-13-17-12-19(24-14-17)20(22)21-10-8-15(2)9-11-21/h4-7,12,14-15H,3,8-11,13H2,1-2H3. The average molecular weight is 343 g/mol. The number of likely N-dealkylation sites (tertiary alicyclic amines) is 1. The van der Waals surface area contributed by atoms with E-state index in [1.807, 2.05) is 28.5 Å². The van der Waals surface area contributed by atoms with Gasteiger partial charge in [-0.1, -0.05) is 26.0 Å². The number of amides is 1. The van der Waals surface area contributed by atoms with Gasteiger partial charge < -0.3 is 9.64 Å². The molecule has 3 nitrogen and oxygen atoms in total. The summed E-state index contributed by atoms with van der Waals surface area (Å²) < 4.78 is 5.83. The van der Waals surface area contributed by atoms with Crippen LogP contribution in [0.25, 0.3) is 0 Å². The monoisotopic (exact) mass is 343 g/mol. The molecule has 128 valence electrons. The second-order valence-corrected chi connectivity index (χ2v) is 7.49. The molecule has 0 saturated carbocycles. The number of hydrogen-bond donors (Lipinski definition) is 0. The molecule has 2 aromatic rings. The van der Waals surface area contributed by atoms with Crippen LogP contribution in [0.2, 0.25) is 0 Å². The largest absolute Gasteiger partial charge is 0.489 e. The maximum atomic E-state index is 12.6. The molecule has 1 aromatic heterocycles. The molecule has 0 radical (unpaired) electrons. The van der Waals surface area contributed by atoms with Gasteiger partial charge in [0.05, 0.1) is 4.88 Å². The van der Waals surface area contributed by atoms with E-state index in [0.717, 1.165) is 54.5 Å². The Morgan fingerprint density at radius 2 is 1.92 bits per heavy atom. The van der Waals surface area contributed by atoms with Crippen molar-refractivity contribution in [3.63, 3.8) is 0 Å². The van der Waals surface area contributed by atoms with Gasteiger partial charge in [0, 0.05) is 18.7 Å². The lowest BCUT2D eigenvalue weighted by atomic mass is 9.99. The molecule has 3 rings (SSSR count). The van der Waals surface area contributed by atoms with E-state index in [-0.39, 0.29) is 5.91 Å². The summed E-state index contributed by atoms with van der Waals surface area (Å²) in [6.07, 6.45) is 3.26. The third-order valence-electron chi connectivity index (χ3n) is 4.67. The molecule has 1 aromatic carbocycles. The fourth-order valence-corrected chi connectivity index (χ4v) is 3.78. The molecule has 24 heavy (non-hydrogen) atoms. The number of benzene rings is 1. The second-order valence-electron chi connectivity index (χ2n) is 6.58. The molecule has 2 heterocycles. The van der Waals surface area contributed by atoms with Crippen molar-refractivity contribution in [2.24, 2.45) is 5.92 Å². The van der Waals surface area contributed by atoms with E-state index >= 15 is 0 Å². The third-order valence-corrected chi connectivity index (χ3v) is 5.64.